The molecule has 0 saturated heterocycles. The fourth-order valence-corrected chi connectivity index (χ4v) is 6.24. The molecule has 3 aromatic carbocycles. The Morgan fingerprint density at radius 2 is 1.63 bits per heavy atom. The summed E-state index contributed by atoms with van der Waals surface area (Å²) in [5.74, 6) is -1.57. The largest absolute Gasteiger partial charge is 0.357 e. The highest BCUT2D eigenvalue weighted by atomic mass is 35.5. The molecule has 0 saturated carbocycles. The number of hydrogen-bond donors (Lipinski definition) is 1. The molecule has 0 radical (unpaired) electrons. The van der Waals surface area contributed by atoms with Gasteiger partial charge in [0.1, 0.15) is 10.9 Å². The van der Waals surface area contributed by atoms with Crippen LogP contribution < -0.4 is 5.32 Å². The van der Waals surface area contributed by atoms with Gasteiger partial charge in [-0.15, -0.1) is 0 Å². The third kappa shape index (κ3) is 5.70. The van der Waals surface area contributed by atoms with E-state index in [4.69, 9.17) is 23.2 Å². The summed E-state index contributed by atoms with van der Waals surface area (Å²) in [6, 6.07) is 19.1. The molecule has 38 heavy (non-hydrogen) atoms. The molecule has 0 spiro atoms. The second kappa shape index (κ2) is 11.6. The van der Waals surface area contributed by atoms with Gasteiger partial charge in [-0.1, -0.05) is 71.7 Å². The molecular weight excluding hydrogens is 549 g/mol. The number of carbonyl (C=O) groups is 3. The van der Waals surface area contributed by atoms with Crippen molar-refractivity contribution >= 4 is 50.9 Å². The number of fused-ring (bicyclic) bond motifs is 1. The first-order valence-electron chi connectivity index (χ1n) is 11.8. The molecule has 11 heteroatoms. The predicted molar refractivity (Wildman–Crippen MR) is 144 cm³/mol. The van der Waals surface area contributed by atoms with Crippen LogP contribution in [0.25, 0.3) is 0 Å². The van der Waals surface area contributed by atoms with Gasteiger partial charge in [-0.3, -0.25) is 14.4 Å². The van der Waals surface area contributed by atoms with Gasteiger partial charge >= 0.3 is 0 Å². The van der Waals surface area contributed by atoms with Gasteiger partial charge in [0.2, 0.25) is 11.8 Å². The minimum atomic E-state index is -4.07. The number of rotatable bonds is 9. The lowest BCUT2D eigenvalue weighted by molar-refractivity contribution is -0.141. The van der Waals surface area contributed by atoms with Gasteiger partial charge < -0.3 is 10.2 Å². The zero-order valence-electron chi connectivity index (χ0n) is 20.4. The van der Waals surface area contributed by atoms with Crippen LogP contribution in [0.3, 0.4) is 0 Å². The van der Waals surface area contributed by atoms with E-state index in [0.29, 0.717) is 19.9 Å². The molecule has 0 unspecified atom stereocenters. The molecule has 1 atom stereocenters. The standard InChI is InChI=1S/C27H25Cl2N3O5S/c1-30-26(34)23(16-18-7-3-2-4-8-18)31(17-19-11-12-21(28)22(29)15-19)25(33)13-14-32-27(35)20-9-5-6-10-24(20)38(32,36)37/h2-12,15,23H,13-14,16-17H2,1H3,(H,30,34)/t23-/m1/s1. The van der Waals surface area contributed by atoms with E-state index in [9.17, 15) is 22.8 Å². The molecule has 0 bridgehead atoms. The van der Waals surface area contributed by atoms with E-state index in [1.165, 1.54) is 30.1 Å². The Hall–Kier alpha value is -3.40. The Balaban J connectivity index is 1.63. The highest BCUT2D eigenvalue weighted by molar-refractivity contribution is 7.90. The molecule has 0 fully saturated rings. The van der Waals surface area contributed by atoms with Gasteiger partial charge in [-0.25, -0.2) is 12.7 Å². The molecular formula is C27H25Cl2N3O5S. The minimum Gasteiger partial charge on any atom is -0.357 e. The summed E-state index contributed by atoms with van der Waals surface area (Å²) in [6.45, 7) is -0.347. The van der Waals surface area contributed by atoms with Crippen molar-refractivity contribution < 1.29 is 22.8 Å². The molecule has 198 valence electrons. The third-order valence-corrected chi connectivity index (χ3v) is 8.87. The van der Waals surface area contributed by atoms with Gasteiger partial charge in [0.05, 0.1) is 15.6 Å². The van der Waals surface area contributed by atoms with Crippen molar-refractivity contribution in [1.29, 1.82) is 0 Å². The summed E-state index contributed by atoms with van der Waals surface area (Å²) in [6.07, 6.45) is -0.0947. The summed E-state index contributed by atoms with van der Waals surface area (Å²) in [5.41, 5.74) is 1.53. The first-order valence-corrected chi connectivity index (χ1v) is 14.0. The van der Waals surface area contributed by atoms with E-state index < -0.39 is 27.9 Å². The molecule has 1 aliphatic heterocycles. The smallest absolute Gasteiger partial charge is 0.269 e. The van der Waals surface area contributed by atoms with Crippen LogP contribution in [0.5, 0.6) is 0 Å². The average molecular weight is 574 g/mol. The zero-order chi connectivity index (χ0) is 27.4. The average Bonchev–Trinajstić information content (AvgIpc) is 3.11. The molecule has 3 aromatic rings. The van der Waals surface area contributed by atoms with E-state index in [2.05, 4.69) is 5.32 Å². The Morgan fingerprint density at radius 3 is 2.29 bits per heavy atom. The third-order valence-electron chi connectivity index (χ3n) is 6.30. The van der Waals surface area contributed by atoms with E-state index in [1.54, 1.807) is 24.3 Å². The lowest BCUT2D eigenvalue weighted by Gasteiger charge is -2.31. The Morgan fingerprint density at radius 1 is 0.947 bits per heavy atom. The maximum atomic E-state index is 13.7. The number of nitrogens with one attached hydrogen (secondary N) is 1. The van der Waals surface area contributed by atoms with Gasteiger partial charge in [-0.05, 0) is 35.4 Å². The van der Waals surface area contributed by atoms with Crippen molar-refractivity contribution in [3.8, 4) is 0 Å². The van der Waals surface area contributed by atoms with Crippen LogP contribution in [0, 0.1) is 0 Å². The van der Waals surface area contributed by atoms with Crippen LogP contribution in [0.2, 0.25) is 10.0 Å². The van der Waals surface area contributed by atoms with Crippen molar-refractivity contribution in [2.75, 3.05) is 13.6 Å². The van der Waals surface area contributed by atoms with Crippen molar-refractivity contribution in [2.45, 2.75) is 30.3 Å². The molecule has 0 aromatic heterocycles. The molecule has 8 nitrogen and oxygen atoms in total. The molecule has 4 rings (SSSR count). The Bertz CT molecular complexity index is 1480. The quantitative estimate of drug-likeness (QED) is 0.418. The van der Waals surface area contributed by atoms with E-state index in [-0.39, 0.29) is 42.3 Å². The zero-order valence-corrected chi connectivity index (χ0v) is 22.8. The lowest BCUT2D eigenvalue weighted by Crippen LogP contribution is -2.50. The topological polar surface area (TPSA) is 104 Å². The highest BCUT2D eigenvalue weighted by Crippen LogP contribution is 2.30. The number of amides is 3. The van der Waals surface area contributed by atoms with Gasteiger partial charge in [0.15, 0.2) is 0 Å². The number of nitrogens with zero attached hydrogens (tertiary/aromatic N) is 2. The van der Waals surface area contributed by atoms with Crippen LogP contribution >= 0.6 is 23.2 Å². The lowest BCUT2D eigenvalue weighted by atomic mass is 10.0. The van der Waals surface area contributed by atoms with Crippen LogP contribution in [0.1, 0.15) is 27.9 Å². The van der Waals surface area contributed by atoms with Crippen molar-refractivity contribution in [1.82, 2.24) is 14.5 Å². The number of halogens is 2. The number of sulfonamides is 1. The summed E-state index contributed by atoms with van der Waals surface area (Å²) in [4.78, 5) is 40.8. The molecule has 1 N–H and O–H groups in total. The summed E-state index contributed by atoms with van der Waals surface area (Å²) in [5, 5.41) is 3.26. The second-order valence-electron chi connectivity index (χ2n) is 8.72. The predicted octanol–water partition coefficient (Wildman–Crippen LogP) is 3.91. The fourth-order valence-electron chi connectivity index (χ4n) is 4.35. The monoisotopic (exact) mass is 573 g/mol. The first kappa shape index (κ1) is 27.6. The van der Waals surface area contributed by atoms with Crippen molar-refractivity contribution in [3.63, 3.8) is 0 Å². The fraction of sp³-hybridized carbons (Fsp3) is 0.222. The van der Waals surface area contributed by atoms with Crippen molar-refractivity contribution in [3.05, 3.63) is 99.5 Å². The first-order chi connectivity index (χ1) is 18.1. The highest BCUT2D eigenvalue weighted by Gasteiger charge is 2.41. The van der Waals surface area contributed by atoms with E-state index >= 15 is 0 Å². The Labute approximate surface area is 231 Å². The maximum absolute atomic E-state index is 13.7. The molecule has 0 aliphatic carbocycles. The number of hydrogen-bond acceptors (Lipinski definition) is 5. The van der Waals surface area contributed by atoms with Gasteiger partial charge in [0.25, 0.3) is 15.9 Å². The van der Waals surface area contributed by atoms with Gasteiger partial charge in [-0.2, -0.15) is 0 Å². The van der Waals surface area contributed by atoms with Crippen LogP contribution in [-0.2, 0) is 32.6 Å². The Kier molecular flexibility index (Phi) is 8.40. The molecule has 1 heterocycles. The van der Waals surface area contributed by atoms with Crippen LogP contribution in [0.4, 0.5) is 0 Å². The number of benzene rings is 3. The van der Waals surface area contributed by atoms with Crippen LogP contribution in [-0.4, -0.2) is 55.0 Å². The maximum Gasteiger partial charge on any atom is 0.269 e. The number of carbonyl (C=O) groups excluding carboxylic acids is 3. The summed E-state index contributed by atoms with van der Waals surface area (Å²) >= 11 is 12.2. The SMILES string of the molecule is CNC(=O)[C@@H](Cc1ccccc1)N(Cc1ccc(Cl)c(Cl)c1)C(=O)CCN1C(=O)c2ccccc2S1(=O)=O. The minimum absolute atomic E-state index is 0.0154. The van der Waals surface area contributed by atoms with E-state index in [0.717, 1.165) is 5.56 Å². The van der Waals surface area contributed by atoms with Gasteiger partial charge in [0, 0.05) is 33.0 Å². The van der Waals surface area contributed by atoms with E-state index in [1.807, 2.05) is 30.3 Å². The molecule has 3 amide bonds. The summed E-state index contributed by atoms with van der Waals surface area (Å²) in [7, 11) is -2.59. The number of likely N-dealkylation sites (N-methyl/N-ethyl adjacent to an activating group) is 1. The molecule has 1 aliphatic rings. The summed E-state index contributed by atoms with van der Waals surface area (Å²) < 4.78 is 26.6. The van der Waals surface area contributed by atoms with Crippen molar-refractivity contribution in [2.24, 2.45) is 0 Å². The second-order valence-corrected chi connectivity index (χ2v) is 11.4. The van der Waals surface area contributed by atoms with Crippen LogP contribution in [0.15, 0.2) is 77.7 Å². The normalized spacial score (nSPS) is 14.6.